The zero-order chi connectivity index (χ0) is 18.2. The lowest BCUT2D eigenvalue weighted by Crippen LogP contribution is -2.29. The largest absolute Gasteiger partial charge is 0.362 e. The molecular weight excluding hydrogens is 352 g/mol. The quantitative estimate of drug-likeness (QED) is 0.507. The molecule has 0 saturated heterocycles. The minimum atomic E-state index is 0.646. The minimum Gasteiger partial charge on any atom is -0.362 e. The second-order valence-corrected chi connectivity index (χ2v) is 7.03. The standard InChI is InChI=1S/C19H27ClN4S/c1-4-5-7-16-8-10-17(11-9-16)22-19(25)21-12-6-13-24-15(3)18(20)14(2)23-24/h8-11H,4-7,12-13H2,1-3H3,(H2,21,22,25). The van der Waals surface area contributed by atoms with Gasteiger partial charge in [0.05, 0.1) is 16.4 Å². The lowest BCUT2D eigenvalue weighted by Gasteiger charge is -2.11. The molecule has 0 radical (unpaired) electrons. The number of aryl methyl sites for hydroxylation is 3. The molecule has 2 rings (SSSR count). The lowest BCUT2D eigenvalue weighted by molar-refractivity contribution is 0.558. The normalized spacial score (nSPS) is 10.7. The van der Waals surface area contributed by atoms with E-state index in [9.17, 15) is 0 Å². The van der Waals surface area contributed by atoms with Crippen molar-refractivity contribution < 1.29 is 0 Å². The highest BCUT2D eigenvalue weighted by atomic mass is 35.5. The first-order valence-corrected chi connectivity index (χ1v) is 9.63. The molecule has 0 amide bonds. The van der Waals surface area contributed by atoms with Gasteiger partial charge in [-0.1, -0.05) is 37.1 Å². The average molecular weight is 379 g/mol. The summed E-state index contributed by atoms with van der Waals surface area (Å²) in [6, 6.07) is 8.48. The maximum absolute atomic E-state index is 6.16. The van der Waals surface area contributed by atoms with Gasteiger partial charge in [0.25, 0.3) is 0 Å². The van der Waals surface area contributed by atoms with Gasteiger partial charge >= 0.3 is 0 Å². The third-order valence-corrected chi connectivity index (χ3v) is 4.95. The first kappa shape index (κ1) is 19.7. The summed E-state index contributed by atoms with van der Waals surface area (Å²) in [4.78, 5) is 0. The summed E-state index contributed by atoms with van der Waals surface area (Å²) in [5.41, 5.74) is 4.28. The van der Waals surface area contributed by atoms with Gasteiger partial charge in [-0.25, -0.2) is 0 Å². The Morgan fingerprint density at radius 3 is 2.52 bits per heavy atom. The number of anilines is 1. The van der Waals surface area contributed by atoms with E-state index >= 15 is 0 Å². The zero-order valence-electron chi connectivity index (χ0n) is 15.2. The highest BCUT2D eigenvalue weighted by Gasteiger charge is 2.08. The molecule has 0 spiro atoms. The maximum Gasteiger partial charge on any atom is 0.170 e. The Morgan fingerprint density at radius 1 is 1.20 bits per heavy atom. The summed E-state index contributed by atoms with van der Waals surface area (Å²) in [5, 5.41) is 12.3. The Bertz CT molecular complexity index is 694. The Hall–Kier alpha value is -1.59. The third-order valence-electron chi connectivity index (χ3n) is 4.16. The van der Waals surface area contributed by atoms with Crippen LogP contribution in [0.1, 0.15) is 43.1 Å². The smallest absolute Gasteiger partial charge is 0.170 e. The van der Waals surface area contributed by atoms with Gasteiger partial charge in [-0.2, -0.15) is 5.10 Å². The van der Waals surface area contributed by atoms with Gasteiger partial charge in [-0.15, -0.1) is 0 Å². The molecule has 1 heterocycles. The van der Waals surface area contributed by atoms with Crippen LogP contribution in [0, 0.1) is 13.8 Å². The molecule has 0 unspecified atom stereocenters. The minimum absolute atomic E-state index is 0.646. The van der Waals surface area contributed by atoms with Crippen molar-refractivity contribution in [2.75, 3.05) is 11.9 Å². The molecule has 0 atom stereocenters. The highest BCUT2D eigenvalue weighted by molar-refractivity contribution is 7.80. The third kappa shape index (κ3) is 6.01. The number of aromatic nitrogens is 2. The van der Waals surface area contributed by atoms with E-state index < -0.39 is 0 Å². The van der Waals surface area contributed by atoms with Crippen LogP contribution in [0.15, 0.2) is 24.3 Å². The van der Waals surface area contributed by atoms with Gasteiger partial charge in [0.15, 0.2) is 5.11 Å². The fraction of sp³-hybridized carbons (Fsp3) is 0.474. The van der Waals surface area contributed by atoms with Crippen molar-refractivity contribution in [3.05, 3.63) is 46.2 Å². The summed E-state index contributed by atoms with van der Waals surface area (Å²) < 4.78 is 1.95. The van der Waals surface area contributed by atoms with Crippen molar-refractivity contribution in [1.82, 2.24) is 15.1 Å². The fourth-order valence-electron chi connectivity index (χ4n) is 2.63. The molecule has 2 N–H and O–H groups in total. The van der Waals surface area contributed by atoms with Gasteiger partial charge in [-0.3, -0.25) is 4.68 Å². The molecule has 2 aromatic rings. The summed E-state index contributed by atoms with van der Waals surface area (Å²) in [6.07, 6.45) is 4.51. The molecule has 0 fully saturated rings. The summed E-state index contributed by atoms with van der Waals surface area (Å²) in [6.45, 7) is 7.74. The van der Waals surface area contributed by atoms with E-state index in [1.165, 1.54) is 18.4 Å². The second kappa shape index (κ2) is 9.78. The van der Waals surface area contributed by atoms with Gasteiger partial charge in [0, 0.05) is 18.8 Å². The van der Waals surface area contributed by atoms with Gasteiger partial charge in [0.2, 0.25) is 0 Å². The predicted molar refractivity (Wildman–Crippen MR) is 111 cm³/mol. The number of nitrogens with zero attached hydrogens (tertiary/aromatic N) is 2. The SMILES string of the molecule is CCCCc1ccc(NC(=S)NCCCn2nc(C)c(Cl)c2C)cc1. The number of rotatable bonds is 8. The van der Waals surface area contributed by atoms with Crippen LogP contribution in [-0.2, 0) is 13.0 Å². The second-order valence-electron chi connectivity index (χ2n) is 6.24. The Kier molecular flexibility index (Phi) is 7.72. The van der Waals surface area contributed by atoms with Gasteiger partial charge < -0.3 is 10.6 Å². The maximum atomic E-state index is 6.16. The molecule has 136 valence electrons. The zero-order valence-corrected chi connectivity index (χ0v) is 16.8. The number of nitrogens with one attached hydrogen (secondary N) is 2. The molecule has 1 aromatic carbocycles. The number of halogens is 1. The molecule has 0 bridgehead atoms. The molecule has 0 saturated carbocycles. The molecule has 25 heavy (non-hydrogen) atoms. The van der Waals surface area contributed by atoms with Crippen molar-refractivity contribution in [3.63, 3.8) is 0 Å². The van der Waals surface area contributed by atoms with Crippen LogP contribution in [0.2, 0.25) is 5.02 Å². The van der Waals surface area contributed by atoms with Crippen LogP contribution in [-0.4, -0.2) is 21.4 Å². The van der Waals surface area contributed by atoms with E-state index in [1.54, 1.807) is 0 Å². The van der Waals surface area contributed by atoms with Crippen LogP contribution in [0.5, 0.6) is 0 Å². The average Bonchev–Trinajstić information content (AvgIpc) is 2.85. The van der Waals surface area contributed by atoms with Crippen LogP contribution < -0.4 is 10.6 Å². The number of benzene rings is 1. The van der Waals surface area contributed by atoms with E-state index in [2.05, 4.69) is 46.9 Å². The molecule has 4 nitrogen and oxygen atoms in total. The molecular formula is C19H27ClN4S. The van der Waals surface area contributed by atoms with Crippen molar-refractivity contribution in [3.8, 4) is 0 Å². The monoisotopic (exact) mass is 378 g/mol. The van der Waals surface area contributed by atoms with Gasteiger partial charge in [-0.05, 0) is 63.0 Å². The van der Waals surface area contributed by atoms with E-state index in [4.69, 9.17) is 23.8 Å². The highest BCUT2D eigenvalue weighted by Crippen LogP contribution is 2.18. The first-order chi connectivity index (χ1) is 12.0. The first-order valence-electron chi connectivity index (χ1n) is 8.84. The Morgan fingerprint density at radius 2 is 1.92 bits per heavy atom. The topological polar surface area (TPSA) is 41.9 Å². The summed E-state index contributed by atoms with van der Waals surface area (Å²) >= 11 is 11.5. The fourth-order valence-corrected chi connectivity index (χ4v) is 2.99. The predicted octanol–water partition coefficient (Wildman–Crippen LogP) is 4.87. The van der Waals surface area contributed by atoms with Crippen LogP contribution >= 0.6 is 23.8 Å². The van der Waals surface area contributed by atoms with E-state index in [0.29, 0.717) is 5.11 Å². The van der Waals surface area contributed by atoms with E-state index in [-0.39, 0.29) is 0 Å². The van der Waals surface area contributed by atoms with Crippen LogP contribution in [0.3, 0.4) is 0 Å². The summed E-state index contributed by atoms with van der Waals surface area (Å²) in [7, 11) is 0. The van der Waals surface area contributed by atoms with Crippen molar-refractivity contribution >= 4 is 34.6 Å². The molecule has 1 aromatic heterocycles. The Balaban J connectivity index is 1.70. The van der Waals surface area contributed by atoms with E-state index in [0.717, 1.165) is 48.0 Å². The van der Waals surface area contributed by atoms with Crippen LogP contribution in [0.4, 0.5) is 5.69 Å². The van der Waals surface area contributed by atoms with Crippen molar-refractivity contribution in [2.45, 2.75) is 53.0 Å². The molecule has 0 aliphatic rings. The Labute approximate surface area is 161 Å². The number of unbranched alkanes of at least 4 members (excludes halogenated alkanes) is 1. The van der Waals surface area contributed by atoms with E-state index in [1.807, 2.05) is 18.5 Å². The molecule has 0 aliphatic heterocycles. The number of hydrogen-bond donors (Lipinski definition) is 2. The van der Waals surface area contributed by atoms with Crippen LogP contribution in [0.25, 0.3) is 0 Å². The van der Waals surface area contributed by atoms with Crippen molar-refractivity contribution in [2.24, 2.45) is 0 Å². The van der Waals surface area contributed by atoms with Gasteiger partial charge in [0.1, 0.15) is 0 Å². The molecule has 6 heteroatoms. The summed E-state index contributed by atoms with van der Waals surface area (Å²) in [5.74, 6) is 0. The number of thiocarbonyl (C=S) groups is 1. The lowest BCUT2D eigenvalue weighted by atomic mass is 10.1. The van der Waals surface area contributed by atoms with Crippen molar-refractivity contribution in [1.29, 1.82) is 0 Å². The number of hydrogen-bond acceptors (Lipinski definition) is 2. The molecule has 0 aliphatic carbocycles.